The van der Waals surface area contributed by atoms with Gasteiger partial charge in [0.05, 0.1) is 19.1 Å². The Balaban J connectivity index is 1.74. The highest BCUT2D eigenvalue weighted by Gasteiger charge is 2.25. The van der Waals surface area contributed by atoms with Crippen molar-refractivity contribution < 1.29 is 19.4 Å². The van der Waals surface area contributed by atoms with Crippen LogP contribution in [0.2, 0.25) is 0 Å². The number of morpholine rings is 1. The number of hydrogen-bond acceptors (Lipinski definition) is 4. The van der Waals surface area contributed by atoms with Crippen molar-refractivity contribution in [2.45, 2.75) is 23.8 Å². The van der Waals surface area contributed by atoms with Gasteiger partial charge in [0, 0.05) is 34.6 Å². The van der Waals surface area contributed by atoms with Gasteiger partial charge in [-0.3, -0.25) is 9.59 Å². The molecule has 1 fully saturated rings. The Kier molecular flexibility index (Phi) is 6.72. The first-order valence-electron chi connectivity index (χ1n) is 7.04. The van der Waals surface area contributed by atoms with Gasteiger partial charge in [-0.15, -0.1) is 11.8 Å². The van der Waals surface area contributed by atoms with E-state index in [1.54, 1.807) is 16.7 Å². The van der Waals surface area contributed by atoms with Crippen molar-refractivity contribution in [1.29, 1.82) is 0 Å². The van der Waals surface area contributed by atoms with Crippen molar-refractivity contribution in [2.24, 2.45) is 0 Å². The van der Waals surface area contributed by atoms with Gasteiger partial charge < -0.3 is 14.7 Å². The zero-order chi connectivity index (χ0) is 15.9. The molecule has 120 valence electrons. The lowest BCUT2D eigenvalue weighted by molar-refractivity contribution is -0.147. The van der Waals surface area contributed by atoms with E-state index in [1.807, 2.05) is 24.3 Å². The van der Waals surface area contributed by atoms with Crippen molar-refractivity contribution >= 4 is 39.6 Å². The third kappa shape index (κ3) is 5.62. The molecule has 0 spiro atoms. The summed E-state index contributed by atoms with van der Waals surface area (Å²) in [5, 5.41) is 8.79. The SMILES string of the molecule is O=C(O)CC1CN(C(=O)CCSc2ccc(Br)cc2)CCO1. The largest absolute Gasteiger partial charge is 0.481 e. The Morgan fingerprint density at radius 3 is 2.77 bits per heavy atom. The number of nitrogens with zero attached hydrogens (tertiary/aromatic N) is 1. The highest BCUT2D eigenvalue weighted by atomic mass is 79.9. The predicted molar refractivity (Wildman–Crippen MR) is 88.1 cm³/mol. The minimum atomic E-state index is -0.898. The standard InChI is InChI=1S/C15H18BrNO4S/c16-11-1-3-13(4-2-11)22-8-5-14(18)17-6-7-21-12(10-17)9-15(19)20/h1-4,12H,5-10H2,(H,19,20). The number of benzene rings is 1. The summed E-state index contributed by atoms with van der Waals surface area (Å²) >= 11 is 5.03. The summed E-state index contributed by atoms with van der Waals surface area (Å²) in [6.07, 6.45) is -0.00729. The number of rotatable bonds is 6. The maximum absolute atomic E-state index is 12.2. The van der Waals surface area contributed by atoms with Gasteiger partial charge in [0.25, 0.3) is 0 Å². The van der Waals surface area contributed by atoms with Crippen LogP contribution in [0, 0.1) is 0 Å². The van der Waals surface area contributed by atoms with Crippen LogP contribution in [0.25, 0.3) is 0 Å². The second-order valence-corrected chi connectivity index (χ2v) is 7.07. The fourth-order valence-corrected chi connectivity index (χ4v) is 3.31. The number of carbonyl (C=O) groups is 2. The molecular weight excluding hydrogens is 370 g/mol. The van der Waals surface area contributed by atoms with E-state index in [1.165, 1.54) is 0 Å². The Hall–Kier alpha value is -1.05. The lowest BCUT2D eigenvalue weighted by atomic mass is 10.2. The zero-order valence-corrected chi connectivity index (χ0v) is 14.4. The van der Waals surface area contributed by atoms with Crippen LogP contribution in [0.1, 0.15) is 12.8 Å². The fraction of sp³-hybridized carbons (Fsp3) is 0.467. The van der Waals surface area contributed by atoms with E-state index in [4.69, 9.17) is 9.84 Å². The molecule has 0 saturated carbocycles. The Morgan fingerprint density at radius 1 is 1.36 bits per heavy atom. The summed E-state index contributed by atoms with van der Waals surface area (Å²) < 4.78 is 6.40. The highest BCUT2D eigenvalue weighted by Crippen LogP contribution is 2.21. The van der Waals surface area contributed by atoms with Crippen molar-refractivity contribution in [2.75, 3.05) is 25.4 Å². The van der Waals surface area contributed by atoms with E-state index in [0.717, 1.165) is 9.37 Å². The van der Waals surface area contributed by atoms with Gasteiger partial charge in [-0.05, 0) is 24.3 Å². The summed E-state index contributed by atoms with van der Waals surface area (Å²) in [6.45, 7) is 1.32. The van der Waals surface area contributed by atoms with Gasteiger partial charge in [0.15, 0.2) is 0 Å². The monoisotopic (exact) mass is 387 g/mol. The van der Waals surface area contributed by atoms with E-state index in [2.05, 4.69) is 15.9 Å². The van der Waals surface area contributed by atoms with Gasteiger partial charge in [0.1, 0.15) is 0 Å². The van der Waals surface area contributed by atoms with Gasteiger partial charge in [0.2, 0.25) is 5.91 Å². The molecular formula is C15H18BrNO4S. The zero-order valence-electron chi connectivity index (χ0n) is 12.0. The number of hydrogen-bond donors (Lipinski definition) is 1. The maximum atomic E-state index is 12.2. The van der Waals surface area contributed by atoms with Gasteiger partial charge >= 0.3 is 5.97 Å². The molecule has 1 heterocycles. The normalized spacial score (nSPS) is 18.2. The molecule has 1 atom stereocenters. The molecule has 22 heavy (non-hydrogen) atoms. The van der Waals surface area contributed by atoms with E-state index >= 15 is 0 Å². The maximum Gasteiger partial charge on any atom is 0.306 e. The average molecular weight is 388 g/mol. The molecule has 1 N–H and O–H groups in total. The van der Waals surface area contributed by atoms with Crippen LogP contribution in [0.3, 0.4) is 0 Å². The molecule has 1 saturated heterocycles. The first-order chi connectivity index (χ1) is 10.5. The minimum absolute atomic E-state index is 0.0581. The summed E-state index contributed by atoms with van der Waals surface area (Å²) in [5.74, 6) is -0.130. The quantitative estimate of drug-likeness (QED) is 0.759. The van der Waals surface area contributed by atoms with Crippen molar-refractivity contribution in [3.05, 3.63) is 28.7 Å². The first kappa shape index (κ1) is 17.3. The summed E-state index contributed by atoms with van der Waals surface area (Å²) in [5.41, 5.74) is 0. The number of halogens is 1. The molecule has 7 heteroatoms. The van der Waals surface area contributed by atoms with E-state index in [-0.39, 0.29) is 12.3 Å². The van der Waals surface area contributed by atoms with Crippen LogP contribution in [0.5, 0.6) is 0 Å². The molecule has 0 bridgehead atoms. The van der Waals surface area contributed by atoms with Crippen LogP contribution in [0.15, 0.2) is 33.6 Å². The summed E-state index contributed by atoms with van der Waals surface area (Å²) in [4.78, 5) is 25.7. The van der Waals surface area contributed by atoms with Crippen LogP contribution in [0.4, 0.5) is 0 Å². The first-order valence-corrected chi connectivity index (χ1v) is 8.82. The average Bonchev–Trinajstić information content (AvgIpc) is 2.49. The molecule has 1 amide bonds. The second kappa shape index (κ2) is 8.55. The van der Waals surface area contributed by atoms with Crippen molar-refractivity contribution in [3.8, 4) is 0 Å². The predicted octanol–water partition coefficient (Wildman–Crippen LogP) is 2.63. The third-order valence-electron chi connectivity index (χ3n) is 3.29. The molecule has 2 rings (SSSR count). The smallest absolute Gasteiger partial charge is 0.306 e. The van der Waals surface area contributed by atoms with Crippen molar-refractivity contribution in [3.63, 3.8) is 0 Å². The van der Waals surface area contributed by atoms with Gasteiger partial charge in [-0.1, -0.05) is 15.9 Å². The second-order valence-electron chi connectivity index (χ2n) is 4.98. The van der Waals surface area contributed by atoms with Crippen LogP contribution >= 0.6 is 27.7 Å². The molecule has 0 aromatic heterocycles. The molecule has 0 aliphatic carbocycles. The number of carboxylic acids is 1. The molecule has 1 aromatic carbocycles. The fourth-order valence-electron chi connectivity index (χ4n) is 2.21. The van der Waals surface area contributed by atoms with E-state index in [0.29, 0.717) is 31.9 Å². The molecule has 1 aliphatic heterocycles. The van der Waals surface area contributed by atoms with E-state index < -0.39 is 12.1 Å². The number of carboxylic acid groups (broad SMARTS) is 1. The number of ether oxygens (including phenoxy) is 1. The van der Waals surface area contributed by atoms with Crippen LogP contribution < -0.4 is 0 Å². The van der Waals surface area contributed by atoms with E-state index in [9.17, 15) is 9.59 Å². The Bertz CT molecular complexity index is 523. The van der Waals surface area contributed by atoms with Crippen molar-refractivity contribution in [1.82, 2.24) is 4.90 Å². The number of carbonyl (C=O) groups excluding carboxylic acids is 1. The molecule has 1 aromatic rings. The minimum Gasteiger partial charge on any atom is -0.481 e. The number of amides is 1. The Morgan fingerprint density at radius 2 is 2.09 bits per heavy atom. The Labute approximate surface area is 142 Å². The van der Waals surface area contributed by atoms with Crippen LogP contribution in [-0.2, 0) is 14.3 Å². The number of aliphatic carboxylic acids is 1. The van der Waals surface area contributed by atoms with Crippen LogP contribution in [-0.4, -0.2) is 53.4 Å². The lowest BCUT2D eigenvalue weighted by Crippen LogP contribution is -2.46. The molecule has 1 unspecified atom stereocenters. The topological polar surface area (TPSA) is 66.8 Å². The summed E-state index contributed by atoms with van der Waals surface area (Å²) in [6, 6.07) is 7.97. The number of thioether (sulfide) groups is 1. The third-order valence-corrected chi connectivity index (χ3v) is 4.83. The molecule has 1 aliphatic rings. The molecule has 0 radical (unpaired) electrons. The molecule has 5 nitrogen and oxygen atoms in total. The lowest BCUT2D eigenvalue weighted by Gasteiger charge is -2.32. The van der Waals surface area contributed by atoms with Gasteiger partial charge in [-0.25, -0.2) is 0 Å². The summed E-state index contributed by atoms with van der Waals surface area (Å²) in [7, 11) is 0. The highest BCUT2D eigenvalue weighted by molar-refractivity contribution is 9.10. The van der Waals surface area contributed by atoms with Gasteiger partial charge in [-0.2, -0.15) is 0 Å².